The van der Waals surface area contributed by atoms with E-state index >= 15 is 0 Å². The minimum atomic E-state index is -1.03. The van der Waals surface area contributed by atoms with Crippen molar-refractivity contribution >= 4 is 17.7 Å². The van der Waals surface area contributed by atoms with Crippen molar-refractivity contribution in [3.05, 3.63) is 69.6 Å². The third-order valence-corrected chi connectivity index (χ3v) is 3.66. The molecular formula is C16H12ClN3O. The summed E-state index contributed by atoms with van der Waals surface area (Å²) in [6.07, 6.45) is 3.64. The number of nitrogens with zero attached hydrogens (tertiary/aromatic N) is 3. The van der Waals surface area contributed by atoms with E-state index in [9.17, 15) is 0 Å². The van der Waals surface area contributed by atoms with Gasteiger partial charge in [-0.1, -0.05) is 54.1 Å². The Morgan fingerprint density at radius 3 is 2.67 bits per heavy atom. The first-order valence-electron chi connectivity index (χ1n) is 6.45. The molecule has 3 rings (SSSR count). The highest BCUT2D eigenvalue weighted by Gasteiger charge is 2.28. The first kappa shape index (κ1) is 13.6. The average Bonchev–Trinajstić information content (AvgIpc) is 2.47. The van der Waals surface area contributed by atoms with Crippen molar-refractivity contribution in [3.63, 3.8) is 0 Å². The lowest BCUT2D eigenvalue weighted by Crippen LogP contribution is -2.29. The van der Waals surface area contributed by atoms with Crippen LogP contribution in [0, 0.1) is 0 Å². The molecule has 0 N–H and O–H groups in total. The summed E-state index contributed by atoms with van der Waals surface area (Å²) in [5, 5.41) is 4.36. The number of ether oxygens (including phenoxy) is 1. The number of hydrogen-bond acceptors (Lipinski definition) is 2. The molecule has 0 bridgehead atoms. The molecule has 0 saturated heterocycles. The van der Waals surface area contributed by atoms with Crippen LogP contribution in [0.15, 0.2) is 53.7 Å². The number of benzene rings is 2. The standard InChI is InChI=1S/C16H12ClN3O/c1-16(19-20-18)10-9-11-5-4-7-13(15(11)21-16)12-6-2-3-8-14(12)17/h2-10H,1H3. The average molecular weight is 298 g/mol. The van der Waals surface area contributed by atoms with E-state index in [0.717, 1.165) is 16.7 Å². The van der Waals surface area contributed by atoms with Crippen molar-refractivity contribution in [1.82, 2.24) is 0 Å². The molecular weight excluding hydrogens is 286 g/mol. The summed E-state index contributed by atoms with van der Waals surface area (Å²) in [5.41, 5.74) is 10.3. The minimum Gasteiger partial charge on any atom is -0.476 e. The SMILES string of the molecule is CC1(N=[N+]=[N-])C=Cc2cccc(-c3ccccc3Cl)c2O1. The maximum Gasteiger partial charge on any atom is 0.203 e. The van der Waals surface area contributed by atoms with Gasteiger partial charge in [-0.25, -0.2) is 0 Å². The van der Waals surface area contributed by atoms with Crippen LogP contribution >= 0.6 is 11.6 Å². The van der Waals surface area contributed by atoms with Crippen LogP contribution < -0.4 is 4.74 Å². The molecule has 5 heteroatoms. The Balaban J connectivity index is 2.18. The summed E-state index contributed by atoms with van der Waals surface area (Å²) in [7, 11) is 0. The van der Waals surface area contributed by atoms with Gasteiger partial charge in [-0.05, 0) is 29.7 Å². The highest BCUT2D eigenvalue weighted by molar-refractivity contribution is 6.33. The van der Waals surface area contributed by atoms with Gasteiger partial charge in [0.25, 0.3) is 0 Å². The lowest BCUT2D eigenvalue weighted by molar-refractivity contribution is 0.146. The fraction of sp³-hybridized carbons (Fsp3) is 0.125. The number of rotatable bonds is 2. The Morgan fingerprint density at radius 2 is 1.90 bits per heavy atom. The van der Waals surface area contributed by atoms with Gasteiger partial charge in [0, 0.05) is 26.6 Å². The van der Waals surface area contributed by atoms with E-state index in [4.69, 9.17) is 21.9 Å². The van der Waals surface area contributed by atoms with E-state index in [2.05, 4.69) is 10.0 Å². The summed E-state index contributed by atoms with van der Waals surface area (Å²) in [6, 6.07) is 13.4. The van der Waals surface area contributed by atoms with Gasteiger partial charge >= 0.3 is 0 Å². The van der Waals surface area contributed by atoms with Gasteiger partial charge in [-0.3, -0.25) is 0 Å². The Morgan fingerprint density at radius 1 is 1.14 bits per heavy atom. The first-order chi connectivity index (χ1) is 10.1. The molecule has 0 saturated carbocycles. The van der Waals surface area contributed by atoms with E-state index in [-0.39, 0.29) is 0 Å². The number of hydrogen-bond donors (Lipinski definition) is 0. The molecule has 1 atom stereocenters. The largest absolute Gasteiger partial charge is 0.476 e. The second-order valence-corrected chi connectivity index (χ2v) is 5.29. The molecule has 0 radical (unpaired) electrons. The maximum absolute atomic E-state index is 8.69. The van der Waals surface area contributed by atoms with Gasteiger partial charge in [-0.15, -0.1) is 0 Å². The van der Waals surface area contributed by atoms with Gasteiger partial charge < -0.3 is 4.74 Å². The topological polar surface area (TPSA) is 58.0 Å². The predicted molar refractivity (Wildman–Crippen MR) is 84.1 cm³/mol. The van der Waals surface area contributed by atoms with Crippen LogP contribution in [0.5, 0.6) is 5.75 Å². The third kappa shape index (κ3) is 2.47. The van der Waals surface area contributed by atoms with Crippen LogP contribution in [0.1, 0.15) is 12.5 Å². The highest BCUT2D eigenvalue weighted by atomic mass is 35.5. The van der Waals surface area contributed by atoms with Crippen molar-refractivity contribution in [2.24, 2.45) is 5.11 Å². The van der Waals surface area contributed by atoms with E-state index in [1.807, 2.05) is 48.5 Å². The van der Waals surface area contributed by atoms with Crippen molar-refractivity contribution in [2.75, 3.05) is 0 Å². The number of fused-ring (bicyclic) bond motifs is 1. The first-order valence-corrected chi connectivity index (χ1v) is 6.83. The maximum atomic E-state index is 8.69. The Hall–Kier alpha value is -2.42. The monoisotopic (exact) mass is 297 g/mol. The predicted octanol–water partition coefficient (Wildman–Crippen LogP) is 5.44. The molecule has 0 amide bonds. The highest BCUT2D eigenvalue weighted by Crippen LogP contribution is 2.41. The molecule has 2 aromatic carbocycles. The van der Waals surface area contributed by atoms with Crippen LogP contribution in [-0.2, 0) is 0 Å². The molecule has 104 valence electrons. The smallest absolute Gasteiger partial charge is 0.203 e. The molecule has 1 unspecified atom stereocenters. The number of halogens is 1. The van der Waals surface area contributed by atoms with Gasteiger partial charge in [-0.2, -0.15) is 0 Å². The van der Waals surface area contributed by atoms with Crippen molar-refractivity contribution in [1.29, 1.82) is 0 Å². The summed E-state index contributed by atoms with van der Waals surface area (Å²) >= 11 is 6.28. The summed E-state index contributed by atoms with van der Waals surface area (Å²) in [4.78, 5) is 2.85. The van der Waals surface area contributed by atoms with Crippen LogP contribution in [0.3, 0.4) is 0 Å². The van der Waals surface area contributed by atoms with E-state index < -0.39 is 5.72 Å². The van der Waals surface area contributed by atoms with Crippen LogP contribution in [0.25, 0.3) is 27.6 Å². The fourth-order valence-corrected chi connectivity index (χ4v) is 2.56. The summed E-state index contributed by atoms with van der Waals surface area (Å²) < 4.78 is 5.93. The van der Waals surface area contributed by atoms with Crippen LogP contribution in [0.2, 0.25) is 5.02 Å². The van der Waals surface area contributed by atoms with Gasteiger partial charge in [0.05, 0.1) is 0 Å². The lowest BCUT2D eigenvalue weighted by Gasteiger charge is -2.28. The number of para-hydroxylation sites is 1. The normalized spacial score (nSPS) is 19.3. The fourth-order valence-electron chi connectivity index (χ4n) is 2.32. The molecule has 1 aliphatic heterocycles. The molecule has 0 aromatic heterocycles. The zero-order valence-electron chi connectivity index (χ0n) is 11.3. The Bertz CT molecular complexity index is 781. The van der Waals surface area contributed by atoms with Gasteiger partial charge in [0.2, 0.25) is 5.72 Å². The zero-order chi connectivity index (χ0) is 14.9. The van der Waals surface area contributed by atoms with Crippen LogP contribution in [-0.4, -0.2) is 5.72 Å². The van der Waals surface area contributed by atoms with E-state index in [1.165, 1.54) is 0 Å². The molecule has 1 heterocycles. The van der Waals surface area contributed by atoms with Gasteiger partial charge in [0.15, 0.2) is 0 Å². The molecule has 0 fully saturated rings. The Labute approximate surface area is 127 Å². The molecule has 1 aliphatic rings. The molecule has 4 nitrogen and oxygen atoms in total. The van der Waals surface area contributed by atoms with Crippen molar-refractivity contribution < 1.29 is 4.74 Å². The molecule has 0 aliphatic carbocycles. The summed E-state index contributed by atoms with van der Waals surface area (Å²) in [6.45, 7) is 1.72. The summed E-state index contributed by atoms with van der Waals surface area (Å²) in [5.74, 6) is 0.669. The Kier molecular flexibility index (Phi) is 3.34. The second-order valence-electron chi connectivity index (χ2n) is 4.88. The van der Waals surface area contributed by atoms with Gasteiger partial charge in [0.1, 0.15) is 5.75 Å². The lowest BCUT2D eigenvalue weighted by atomic mass is 9.98. The van der Waals surface area contributed by atoms with Crippen molar-refractivity contribution in [2.45, 2.75) is 12.6 Å². The van der Waals surface area contributed by atoms with Crippen molar-refractivity contribution in [3.8, 4) is 16.9 Å². The zero-order valence-corrected chi connectivity index (χ0v) is 12.1. The second kappa shape index (κ2) is 5.17. The molecule has 21 heavy (non-hydrogen) atoms. The van der Waals surface area contributed by atoms with E-state index in [1.54, 1.807) is 13.0 Å². The van der Waals surface area contributed by atoms with Crippen LogP contribution in [0.4, 0.5) is 0 Å². The number of azide groups is 1. The quantitative estimate of drug-likeness (QED) is 0.413. The molecule has 2 aromatic rings. The van der Waals surface area contributed by atoms with E-state index in [0.29, 0.717) is 10.8 Å². The molecule has 0 spiro atoms. The minimum absolute atomic E-state index is 0.648. The third-order valence-electron chi connectivity index (χ3n) is 3.33.